The van der Waals surface area contributed by atoms with Crippen molar-refractivity contribution in [3.63, 3.8) is 0 Å². The topological polar surface area (TPSA) is 95.9 Å². The van der Waals surface area contributed by atoms with Gasteiger partial charge in [0.2, 0.25) is 11.8 Å². The summed E-state index contributed by atoms with van der Waals surface area (Å²) in [5.41, 5.74) is 0.292. The van der Waals surface area contributed by atoms with Gasteiger partial charge in [0.05, 0.1) is 24.7 Å². The summed E-state index contributed by atoms with van der Waals surface area (Å²) in [6.45, 7) is 6.05. The zero-order valence-corrected chi connectivity index (χ0v) is 14.8. The van der Waals surface area contributed by atoms with E-state index < -0.39 is 18.0 Å². The Hall–Kier alpha value is -1.54. The minimum Gasteiger partial charge on any atom is -0.461 e. The van der Waals surface area contributed by atoms with E-state index in [0.717, 1.165) is 4.91 Å². The van der Waals surface area contributed by atoms with Crippen molar-refractivity contribution < 1.29 is 24.2 Å². The van der Waals surface area contributed by atoms with Gasteiger partial charge in [-0.2, -0.15) is 0 Å². The number of aliphatic hydroxyl groups is 1. The highest BCUT2D eigenvalue weighted by molar-refractivity contribution is 8.03. The van der Waals surface area contributed by atoms with Crippen molar-refractivity contribution in [2.24, 2.45) is 11.8 Å². The van der Waals surface area contributed by atoms with Crippen LogP contribution in [0.15, 0.2) is 10.6 Å². The zero-order valence-electron chi connectivity index (χ0n) is 13.9. The number of hydrogen-bond donors (Lipinski definition) is 2. The predicted molar refractivity (Wildman–Crippen MR) is 87.6 cm³/mol. The molecule has 3 aliphatic heterocycles. The highest BCUT2D eigenvalue weighted by Gasteiger charge is 2.60. The van der Waals surface area contributed by atoms with Crippen molar-refractivity contribution in [1.82, 2.24) is 10.2 Å². The summed E-state index contributed by atoms with van der Waals surface area (Å²) in [6.07, 6.45) is -0.362. The minimum absolute atomic E-state index is 0.00218. The van der Waals surface area contributed by atoms with E-state index in [1.165, 1.54) is 16.7 Å². The van der Waals surface area contributed by atoms with E-state index in [2.05, 4.69) is 5.32 Å². The molecule has 3 heterocycles. The second-order valence-corrected chi connectivity index (χ2v) is 7.78. The van der Waals surface area contributed by atoms with Gasteiger partial charge in [0.1, 0.15) is 5.70 Å². The summed E-state index contributed by atoms with van der Waals surface area (Å²) in [4.78, 5) is 38.5. The maximum atomic E-state index is 12.4. The monoisotopic (exact) mass is 354 g/mol. The molecular formula is C16H22N2O5S. The Balaban J connectivity index is 1.90. The van der Waals surface area contributed by atoms with Gasteiger partial charge in [-0.1, -0.05) is 6.92 Å². The molecule has 2 amide bonds. The number of nitrogens with one attached hydrogen (secondary N) is 1. The minimum atomic E-state index is -0.760. The molecule has 3 rings (SSSR count). The predicted octanol–water partition coefficient (Wildman–Crippen LogP) is 0.240. The lowest BCUT2D eigenvalue weighted by atomic mass is 9.79. The van der Waals surface area contributed by atoms with Crippen LogP contribution in [0.2, 0.25) is 0 Å². The van der Waals surface area contributed by atoms with Crippen LogP contribution in [-0.2, 0) is 19.1 Å². The molecule has 0 aromatic carbocycles. The SMILES string of the molecule is CCOC(=O)C1=C(S[C@H]2CNC(=O)C2)[C@H](C)[C@@H]2[C@@H]([C@@H](C)O)C(=O)N12. The van der Waals surface area contributed by atoms with Crippen LogP contribution < -0.4 is 5.32 Å². The van der Waals surface area contributed by atoms with Crippen LogP contribution in [0.4, 0.5) is 0 Å². The second kappa shape index (κ2) is 6.40. The number of fused-ring (bicyclic) bond motifs is 1. The van der Waals surface area contributed by atoms with E-state index in [0.29, 0.717) is 18.7 Å². The van der Waals surface area contributed by atoms with Crippen molar-refractivity contribution in [3.05, 3.63) is 10.6 Å². The molecule has 2 saturated heterocycles. The number of thioether (sulfide) groups is 1. The Kier molecular flexibility index (Phi) is 4.61. The van der Waals surface area contributed by atoms with Crippen LogP contribution in [-0.4, -0.2) is 58.3 Å². The molecular weight excluding hydrogens is 332 g/mol. The molecule has 0 radical (unpaired) electrons. The molecule has 0 unspecified atom stereocenters. The molecule has 8 heteroatoms. The van der Waals surface area contributed by atoms with Gasteiger partial charge in [0.15, 0.2) is 0 Å². The molecule has 0 aliphatic carbocycles. The van der Waals surface area contributed by atoms with Crippen molar-refractivity contribution in [1.29, 1.82) is 0 Å². The summed E-state index contributed by atoms with van der Waals surface area (Å²) in [5, 5.41) is 12.7. The number of esters is 1. The van der Waals surface area contributed by atoms with Gasteiger partial charge in [-0.3, -0.25) is 9.59 Å². The molecule has 0 spiro atoms. The van der Waals surface area contributed by atoms with Gasteiger partial charge < -0.3 is 20.1 Å². The Morgan fingerprint density at radius 1 is 1.50 bits per heavy atom. The molecule has 24 heavy (non-hydrogen) atoms. The zero-order chi connectivity index (χ0) is 17.6. The van der Waals surface area contributed by atoms with E-state index in [1.54, 1.807) is 13.8 Å². The lowest BCUT2D eigenvalue weighted by Crippen LogP contribution is -2.63. The third kappa shape index (κ3) is 2.61. The van der Waals surface area contributed by atoms with Crippen LogP contribution in [0.1, 0.15) is 27.2 Å². The van der Waals surface area contributed by atoms with Gasteiger partial charge >= 0.3 is 5.97 Å². The third-order valence-electron chi connectivity index (χ3n) is 4.81. The first-order chi connectivity index (χ1) is 11.4. The normalized spacial score (nSPS) is 33.2. The van der Waals surface area contributed by atoms with Gasteiger partial charge in [-0.05, 0) is 13.8 Å². The highest BCUT2D eigenvalue weighted by Crippen LogP contribution is 2.51. The number of amides is 2. The van der Waals surface area contributed by atoms with Crippen molar-refractivity contribution in [2.75, 3.05) is 13.2 Å². The van der Waals surface area contributed by atoms with Gasteiger partial charge in [0, 0.05) is 29.0 Å². The summed E-state index contributed by atoms with van der Waals surface area (Å²) < 4.78 is 5.14. The van der Waals surface area contributed by atoms with Crippen LogP contribution in [0, 0.1) is 11.8 Å². The highest BCUT2D eigenvalue weighted by atomic mass is 32.2. The maximum absolute atomic E-state index is 12.4. The number of carbonyl (C=O) groups excluding carboxylic acids is 3. The first-order valence-electron chi connectivity index (χ1n) is 8.22. The number of rotatable bonds is 5. The molecule has 2 fully saturated rings. The summed E-state index contributed by atoms with van der Waals surface area (Å²) >= 11 is 1.47. The van der Waals surface area contributed by atoms with Crippen molar-refractivity contribution in [2.45, 2.75) is 44.6 Å². The molecule has 5 atom stereocenters. The number of ether oxygens (including phenoxy) is 1. The Labute approximate surface area is 144 Å². The van der Waals surface area contributed by atoms with E-state index in [1.807, 2.05) is 6.92 Å². The largest absolute Gasteiger partial charge is 0.461 e. The fourth-order valence-corrected chi connectivity index (χ4v) is 5.12. The smallest absolute Gasteiger partial charge is 0.355 e. The molecule has 2 N–H and O–H groups in total. The first kappa shape index (κ1) is 17.3. The average Bonchev–Trinajstić information content (AvgIpc) is 3.01. The van der Waals surface area contributed by atoms with Crippen LogP contribution >= 0.6 is 11.8 Å². The van der Waals surface area contributed by atoms with E-state index in [-0.39, 0.29) is 35.6 Å². The van der Waals surface area contributed by atoms with Gasteiger partial charge in [-0.25, -0.2) is 4.79 Å². The molecule has 7 nitrogen and oxygen atoms in total. The van der Waals surface area contributed by atoms with E-state index in [9.17, 15) is 19.5 Å². The van der Waals surface area contributed by atoms with Crippen LogP contribution in [0.25, 0.3) is 0 Å². The van der Waals surface area contributed by atoms with E-state index >= 15 is 0 Å². The van der Waals surface area contributed by atoms with Crippen molar-refractivity contribution in [3.8, 4) is 0 Å². The lowest BCUT2D eigenvalue weighted by Gasteiger charge is -2.46. The lowest BCUT2D eigenvalue weighted by molar-refractivity contribution is -0.164. The summed E-state index contributed by atoms with van der Waals surface area (Å²) in [7, 11) is 0. The fourth-order valence-electron chi connectivity index (χ4n) is 3.71. The first-order valence-corrected chi connectivity index (χ1v) is 9.10. The van der Waals surface area contributed by atoms with Gasteiger partial charge in [0.25, 0.3) is 0 Å². The molecule has 0 saturated carbocycles. The standard InChI is InChI=1S/C16H22N2O5S/c1-4-23-16(22)13-14(24-9-5-10(20)17-6-9)7(2)12-11(8(3)19)15(21)18(12)13/h7-9,11-12,19H,4-6H2,1-3H3,(H,17,20)/t7-,8-,9-,11-,12-/m1/s1. The quantitative estimate of drug-likeness (QED) is 0.542. The fraction of sp³-hybridized carbons (Fsp3) is 0.688. The maximum Gasteiger partial charge on any atom is 0.355 e. The number of aliphatic hydroxyl groups excluding tert-OH is 1. The summed E-state index contributed by atoms with van der Waals surface area (Å²) in [6, 6.07) is -0.218. The number of carbonyl (C=O) groups is 3. The molecule has 0 aromatic rings. The van der Waals surface area contributed by atoms with Gasteiger partial charge in [-0.15, -0.1) is 11.8 Å². The molecule has 132 valence electrons. The second-order valence-electron chi connectivity index (χ2n) is 6.44. The number of β-lactam (4-membered cyclic amide) rings is 1. The summed E-state index contributed by atoms with van der Waals surface area (Å²) in [5.74, 6) is -1.31. The average molecular weight is 354 g/mol. The van der Waals surface area contributed by atoms with Crippen LogP contribution in [0.3, 0.4) is 0 Å². The third-order valence-corrected chi connectivity index (χ3v) is 6.30. The van der Waals surface area contributed by atoms with Crippen LogP contribution in [0.5, 0.6) is 0 Å². The Morgan fingerprint density at radius 3 is 2.75 bits per heavy atom. The molecule has 0 bridgehead atoms. The number of hydrogen-bond acceptors (Lipinski definition) is 6. The van der Waals surface area contributed by atoms with E-state index in [4.69, 9.17) is 4.74 Å². The number of nitrogens with zero attached hydrogens (tertiary/aromatic N) is 1. The Morgan fingerprint density at radius 2 is 2.21 bits per heavy atom. The Bertz CT molecular complexity index is 618. The molecule has 3 aliphatic rings. The van der Waals surface area contributed by atoms with Crippen molar-refractivity contribution >= 4 is 29.5 Å². The molecule has 0 aromatic heterocycles.